The van der Waals surface area contributed by atoms with Crippen LogP contribution in [0.25, 0.3) is 0 Å². The molecule has 3 nitrogen and oxygen atoms in total. The van der Waals surface area contributed by atoms with Crippen molar-refractivity contribution in [3.05, 3.63) is 57.8 Å². The van der Waals surface area contributed by atoms with Gasteiger partial charge >= 0.3 is 0 Å². The molecule has 0 aliphatic rings. The summed E-state index contributed by atoms with van der Waals surface area (Å²) < 4.78 is 1.02. The van der Waals surface area contributed by atoms with Crippen LogP contribution in [0.5, 0.6) is 0 Å². The third kappa shape index (κ3) is 2.76. The summed E-state index contributed by atoms with van der Waals surface area (Å²) in [7, 11) is 0. The van der Waals surface area contributed by atoms with Crippen LogP contribution in [0.3, 0.4) is 0 Å². The van der Waals surface area contributed by atoms with Crippen LogP contribution in [0.4, 0.5) is 5.69 Å². The fourth-order valence-electron chi connectivity index (χ4n) is 1.64. The third-order valence-electron chi connectivity index (χ3n) is 2.64. The van der Waals surface area contributed by atoms with Gasteiger partial charge in [0.2, 0.25) is 0 Å². The molecule has 0 atom stereocenters. The first-order valence-corrected chi connectivity index (χ1v) is 6.36. The molecule has 0 saturated carbocycles. The van der Waals surface area contributed by atoms with Gasteiger partial charge in [0.15, 0.2) is 0 Å². The molecule has 4 heteroatoms. The van der Waals surface area contributed by atoms with Crippen molar-refractivity contribution in [2.45, 2.75) is 13.8 Å². The fourth-order valence-corrected chi connectivity index (χ4v) is 1.88. The first-order chi connectivity index (χ1) is 8.58. The van der Waals surface area contributed by atoms with Gasteiger partial charge in [-0.05, 0) is 49.2 Å². The molecule has 2 rings (SSSR count). The van der Waals surface area contributed by atoms with Crippen molar-refractivity contribution in [2.75, 3.05) is 5.32 Å². The van der Waals surface area contributed by atoms with E-state index in [2.05, 4.69) is 26.2 Å². The highest BCUT2D eigenvalue weighted by Crippen LogP contribution is 2.20. The molecule has 18 heavy (non-hydrogen) atoms. The molecule has 92 valence electrons. The van der Waals surface area contributed by atoms with E-state index >= 15 is 0 Å². The Balaban J connectivity index is 2.22. The lowest BCUT2D eigenvalue weighted by molar-refractivity contribution is 0.102. The lowest BCUT2D eigenvalue weighted by atomic mass is 10.2. The van der Waals surface area contributed by atoms with Crippen molar-refractivity contribution >= 4 is 27.5 Å². The minimum atomic E-state index is -0.185. The number of amides is 1. The van der Waals surface area contributed by atoms with E-state index in [0.29, 0.717) is 5.69 Å². The van der Waals surface area contributed by atoms with E-state index in [4.69, 9.17) is 0 Å². The van der Waals surface area contributed by atoms with Gasteiger partial charge < -0.3 is 5.32 Å². The van der Waals surface area contributed by atoms with Gasteiger partial charge in [-0.15, -0.1) is 0 Å². The molecule has 1 aromatic heterocycles. The zero-order valence-electron chi connectivity index (χ0n) is 10.2. The van der Waals surface area contributed by atoms with Crippen molar-refractivity contribution in [2.24, 2.45) is 0 Å². The standard InChI is InChI=1S/C14H13BrN2O/c1-9-4-3-7-16-13(9)14(18)17-11-5-6-12(15)10(2)8-11/h3-8H,1-2H3,(H,17,18). The smallest absolute Gasteiger partial charge is 0.274 e. The molecule has 0 radical (unpaired) electrons. The van der Waals surface area contributed by atoms with Crippen molar-refractivity contribution in [1.29, 1.82) is 0 Å². The van der Waals surface area contributed by atoms with Crippen LogP contribution in [0.15, 0.2) is 41.0 Å². The zero-order valence-corrected chi connectivity index (χ0v) is 11.8. The Morgan fingerprint density at radius 3 is 2.67 bits per heavy atom. The Kier molecular flexibility index (Phi) is 3.77. The second-order valence-corrected chi connectivity index (χ2v) is 4.94. The summed E-state index contributed by atoms with van der Waals surface area (Å²) in [5, 5.41) is 2.84. The number of halogens is 1. The second kappa shape index (κ2) is 5.31. The summed E-state index contributed by atoms with van der Waals surface area (Å²) >= 11 is 3.43. The van der Waals surface area contributed by atoms with Crippen LogP contribution in [0, 0.1) is 13.8 Å². The van der Waals surface area contributed by atoms with E-state index < -0.39 is 0 Å². The Hall–Kier alpha value is -1.68. The van der Waals surface area contributed by atoms with E-state index in [1.165, 1.54) is 0 Å². The van der Waals surface area contributed by atoms with Crippen molar-refractivity contribution < 1.29 is 4.79 Å². The largest absolute Gasteiger partial charge is 0.321 e. The highest BCUT2D eigenvalue weighted by Gasteiger charge is 2.10. The Morgan fingerprint density at radius 1 is 1.22 bits per heavy atom. The van der Waals surface area contributed by atoms with Gasteiger partial charge in [-0.1, -0.05) is 22.0 Å². The number of aryl methyl sites for hydroxylation is 2. The van der Waals surface area contributed by atoms with Gasteiger partial charge in [0.1, 0.15) is 5.69 Å². The van der Waals surface area contributed by atoms with Gasteiger partial charge in [0, 0.05) is 16.4 Å². The maximum Gasteiger partial charge on any atom is 0.274 e. The number of carbonyl (C=O) groups is 1. The lowest BCUT2D eigenvalue weighted by Gasteiger charge is -2.08. The van der Waals surface area contributed by atoms with Gasteiger partial charge in [0.05, 0.1) is 0 Å². The molecular weight excluding hydrogens is 292 g/mol. The molecule has 0 aliphatic heterocycles. The Bertz CT molecular complexity index is 596. The van der Waals surface area contributed by atoms with Crippen molar-refractivity contribution in [3.8, 4) is 0 Å². The Morgan fingerprint density at radius 2 is 2.00 bits per heavy atom. The molecule has 0 bridgehead atoms. The summed E-state index contributed by atoms with van der Waals surface area (Å²) in [6, 6.07) is 9.37. The van der Waals surface area contributed by atoms with Crippen LogP contribution in [-0.4, -0.2) is 10.9 Å². The van der Waals surface area contributed by atoms with Crippen molar-refractivity contribution in [3.63, 3.8) is 0 Å². The van der Waals surface area contributed by atoms with E-state index in [0.717, 1.165) is 21.3 Å². The fraction of sp³-hybridized carbons (Fsp3) is 0.143. The molecule has 1 N–H and O–H groups in total. The average molecular weight is 305 g/mol. The number of aromatic nitrogens is 1. The first kappa shape index (κ1) is 12.8. The van der Waals surface area contributed by atoms with Crippen molar-refractivity contribution in [1.82, 2.24) is 4.98 Å². The van der Waals surface area contributed by atoms with Crippen LogP contribution >= 0.6 is 15.9 Å². The maximum atomic E-state index is 12.0. The number of hydrogen-bond acceptors (Lipinski definition) is 2. The number of nitrogens with one attached hydrogen (secondary N) is 1. The highest BCUT2D eigenvalue weighted by molar-refractivity contribution is 9.10. The SMILES string of the molecule is Cc1cc(NC(=O)c2ncccc2C)ccc1Br. The predicted molar refractivity (Wildman–Crippen MR) is 75.8 cm³/mol. The number of hydrogen-bond donors (Lipinski definition) is 1. The highest BCUT2D eigenvalue weighted by atomic mass is 79.9. The van der Waals surface area contributed by atoms with Gasteiger partial charge in [-0.25, -0.2) is 0 Å². The average Bonchev–Trinajstić information content (AvgIpc) is 2.34. The molecule has 0 unspecified atom stereocenters. The predicted octanol–water partition coefficient (Wildman–Crippen LogP) is 3.71. The molecule has 0 fully saturated rings. The second-order valence-electron chi connectivity index (χ2n) is 4.09. The van der Waals surface area contributed by atoms with Crippen LogP contribution in [-0.2, 0) is 0 Å². The number of benzene rings is 1. The number of anilines is 1. The van der Waals surface area contributed by atoms with E-state index in [1.54, 1.807) is 6.20 Å². The van der Waals surface area contributed by atoms with Gasteiger partial charge in [-0.2, -0.15) is 0 Å². The summed E-state index contributed by atoms with van der Waals surface area (Å²) in [6.45, 7) is 3.85. The molecular formula is C14H13BrN2O. The van der Waals surface area contributed by atoms with E-state index in [9.17, 15) is 4.79 Å². The molecule has 1 aromatic carbocycles. The molecule has 0 saturated heterocycles. The Labute approximate surface area is 114 Å². The number of rotatable bonds is 2. The molecule has 0 aliphatic carbocycles. The minimum absolute atomic E-state index is 0.185. The summed E-state index contributed by atoms with van der Waals surface area (Å²) in [6.07, 6.45) is 1.62. The maximum absolute atomic E-state index is 12.0. The normalized spacial score (nSPS) is 10.2. The first-order valence-electron chi connectivity index (χ1n) is 5.57. The van der Waals surface area contributed by atoms with Crippen LogP contribution in [0.2, 0.25) is 0 Å². The number of pyridine rings is 1. The van der Waals surface area contributed by atoms with Gasteiger partial charge in [-0.3, -0.25) is 9.78 Å². The topological polar surface area (TPSA) is 42.0 Å². The monoisotopic (exact) mass is 304 g/mol. The third-order valence-corrected chi connectivity index (χ3v) is 3.53. The van der Waals surface area contributed by atoms with Crippen LogP contribution < -0.4 is 5.32 Å². The number of carbonyl (C=O) groups excluding carboxylic acids is 1. The quantitative estimate of drug-likeness (QED) is 0.919. The van der Waals surface area contributed by atoms with Crippen LogP contribution in [0.1, 0.15) is 21.6 Å². The molecule has 0 spiro atoms. The summed E-state index contributed by atoms with van der Waals surface area (Å²) in [5.74, 6) is -0.185. The molecule has 1 heterocycles. The molecule has 2 aromatic rings. The summed E-state index contributed by atoms with van der Waals surface area (Å²) in [4.78, 5) is 16.1. The van der Waals surface area contributed by atoms with E-state index in [1.807, 2.05) is 44.2 Å². The zero-order chi connectivity index (χ0) is 13.1. The minimum Gasteiger partial charge on any atom is -0.321 e. The van der Waals surface area contributed by atoms with Gasteiger partial charge in [0.25, 0.3) is 5.91 Å². The van der Waals surface area contributed by atoms with E-state index in [-0.39, 0.29) is 5.91 Å². The lowest BCUT2D eigenvalue weighted by Crippen LogP contribution is -2.15. The number of nitrogens with zero attached hydrogens (tertiary/aromatic N) is 1. The summed E-state index contributed by atoms with van der Waals surface area (Å²) in [5.41, 5.74) is 3.17. The molecule has 1 amide bonds.